The molecule has 1 aromatic heterocycles. The minimum absolute atomic E-state index is 0.444. The zero-order chi connectivity index (χ0) is 8.27. The third-order valence-electron chi connectivity index (χ3n) is 1.40. The van der Waals surface area contributed by atoms with Crippen molar-refractivity contribution >= 4 is 11.9 Å². The number of nitrogens with two attached hydrogens (primary N) is 1. The number of rotatable bonds is 2. The van der Waals surface area contributed by atoms with E-state index in [4.69, 9.17) is 10.5 Å². The van der Waals surface area contributed by atoms with E-state index in [-0.39, 0.29) is 0 Å². The van der Waals surface area contributed by atoms with Gasteiger partial charge in [0.2, 0.25) is 0 Å². The van der Waals surface area contributed by atoms with E-state index in [2.05, 4.69) is 11.6 Å². The minimum atomic E-state index is 0.444. The molecule has 0 fully saturated rings. The van der Waals surface area contributed by atoms with Gasteiger partial charge in [-0.3, -0.25) is 0 Å². The number of ether oxygens (including phenoxy) is 1. The Morgan fingerprint density at radius 1 is 1.73 bits per heavy atom. The van der Waals surface area contributed by atoms with Crippen LogP contribution in [0.25, 0.3) is 6.08 Å². The fraction of sp³-hybridized carbons (Fsp3) is 0.125. The summed E-state index contributed by atoms with van der Waals surface area (Å²) in [7, 11) is 1.59. The van der Waals surface area contributed by atoms with Gasteiger partial charge < -0.3 is 10.5 Å². The molecular weight excluding hydrogens is 140 g/mol. The predicted octanol–water partition coefficient (Wildman–Crippen LogP) is 1.32. The molecule has 1 aromatic rings. The Bertz CT molecular complexity index is 271. The first-order valence-corrected chi connectivity index (χ1v) is 3.20. The van der Waals surface area contributed by atoms with E-state index in [1.165, 1.54) is 0 Å². The Labute approximate surface area is 65.5 Å². The van der Waals surface area contributed by atoms with Gasteiger partial charge >= 0.3 is 0 Å². The Balaban J connectivity index is 3.24. The highest BCUT2D eigenvalue weighted by Gasteiger charge is 2.01. The van der Waals surface area contributed by atoms with E-state index in [1.807, 2.05) is 0 Å². The van der Waals surface area contributed by atoms with Crippen LogP contribution in [0.5, 0.6) is 5.75 Å². The van der Waals surface area contributed by atoms with E-state index >= 15 is 0 Å². The fourth-order valence-electron chi connectivity index (χ4n) is 0.854. The Hall–Kier alpha value is -1.51. The van der Waals surface area contributed by atoms with Crippen molar-refractivity contribution in [3.63, 3.8) is 0 Å². The number of nitrogen functional groups attached to an aromatic ring is 1. The Kier molecular flexibility index (Phi) is 2.11. The van der Waals surface area contributed by atoms with Crippen LogP contribution in [0.4, 0.5) is 5.82 Å². The van der Waals surface area contributed by atoms with Crippen molar-refractivity contribution in [3.8, 4) is 5.75 Å². The van der Waals surface area contributed by atoms with Crippen molar-refractivity contribution in [3.05, 3.63) is 24.4 Å². The van der Waals surface area contributed by atoms with Crippen molar-refractivity contribution in [1.29, 1.82) is 0 Å². The Morgan fingerprint density at radius 3 is 2.91 bits per heavy atom. The summed E-state index contributed by atoms with van der Waals surface area (Å²) in [5.74, 6) is 1.15. The lowest BCUT2D eigenvalue weighted by molar-refractivity contribution is 0.413. The van der Waals surface area contributed by atoms with Crippen LogP contribution in [0.3, 0.4) is 0 Å². The Morgan fingerprint density at radius 2 is 2.45 bits per heavy atom. The maximum atomic E-state index is 5.55. The normalized spacial score (nSPS) is 9.18. The lowest BCUT2D eigenvalue weighted by atomic mass is 10.2. The van der Waals surface area contributed by atoms with E-state index in [0.717, 1.165) is 5.56 Å². The van der Waals surface area contributed by atoms with Crippen molar-refractivity contribution in [2.24, 2.45) is 0 Å². The third-order valence-corrected chi connectivity index (χ3v) is 1.40. The van der Waals surface area contributed by atoms with Crippen molar-refractivity contribution in [2.45, 2.75) is 0 Å². The van der Waals surface area contributed by atoms with E-state index < -0.39 is 0 Å². The highest BCUT2D eigenvalue weighted by Crippen LogP contribution is 2.22. The zero-order valence-corrected chi connectivity index (χ0v) is 6.37. The smallest absolute Gasteiger partial charge is 0.134 e. The molecule has 0 aliphatic rings. The molecule has 0 radical (unpaired) electrons. The van der Waals surface area contributed by atoms with E-state index in [1.54, 1.807) is 25.4 Å². The summed E-state index contributed by atoms with van der Waals surface area (Å²) in [6, 6.07) is 1.74. The van der Waals surface area contributed by atoms with Crippen LogP contribution in [0, 0.1) is 0 Å². The molecule has 0 amide bonds. The first kappa shape index (κ1) is 7.60. The molecule has 0 aliphatic heterocycles. The second kappa shape index (κ2) is 3.05. The largest absolute Gasteiger partial charge is 0.496 e. The molecule has 0 unspecified atom stereocenters. The first-order valence-electron chi connectivity index (χ1n) is 3.20. The molecule has 0 bridgehead atoms. The summed E-state index contributed by atoms with van der Waals surface area (Å²) in [5.41, 5.74) is 6.29. The fourth-order valence-corrected chi connectivity index (χ4v) is 0.854. The predicted molar refractivity (Wildman–Crippen MR) is 45.3 cm³/mol. The summed E-state index contributed by atoms with van der Waals surface area (Å²) in [5, 5.41) is 0. The van der Waals surface area contributed by atoms with Crippen LogP contribution in [0.2, 0.25) is 0 Å². The van der Waals surface area contributed by atoms with E-state index in [0.29, 0.717) is 11.6 Å². The monoisotopic (exact) mass is 150 g/mol. The highest BCUT2D eigenvalue weighted by molar-refractivity contribution is 5.65. The molecule has 1 rings (SSSR count). The van der Waals surface area contributed by atoms with Crippen LogP contribution < -0.4 is 10.5 Å². The number of hydrogen-bond donors (Lipinski definition) is 1. The van der Waals surface area contributed by atoms with Crippen LogP contribution in [-0.4, -0.2) is 12.1 Å². The van der Waals surface area contributed by atoms with Crippen LogP contribution >= 0.6 is 0 Å². The quantitative estimate of drug-likeness (QED) is 0.691. The first-order chi connectivity index (χ1) is 5.29. The molecule has 0 saturated carbocycles. The molecule has 58 valence electrons. The lowest BCUT2D eigenvalue weighted by Gasteiger charge is -2.04. The highest BCUT2D eigenvalue weighted by atomic mass is 16.5. The van der Waals surface area contributed by atoms with Gasteiger partial charge in [0, 0.05) is 6.20 Å². The number of nitrogens with zero attached hydrogens (tertiary/aromatic N) is 1. The van der Waals surface area contributed by atoms with Crippen LogP contribution in [0.15, 0.2) is 18.8 Å². The topological polar surface area (TPSA) is 48.1 Å². The molecule has 0 aromatic carbocycles. The maximum absolute atomic E-state index is 5.55. The summed E-state index contributed by atoms with van der Waals surface area (Å²) in [6.45, 7) is 3.60. The van der Waals surface area contributed by atoms with Gasteiger partial charge in [0.25, 0.3) is 0 Å². The SMILES string of the molecule is C=Cc1c(OC)ccnc1N. The molecule has 11 heavy (non-hydrogen) atoms. The number of anilines is 1. The van der Waals surface area contributed by atoms with Gasteiger partial charge in [0.15, 0.2) is 0 Å². The number of hydrogen-bond acceptors (Lipinski definition) is 3. The van der Waals surface area contributed by atoms with Gasteiger partial charge in [-0.1, -0.05) is 12.7 Å². The molecule has 2 N–H and O–H groups in total. The summed E-state index contributed by atoms with van der Waals surface area (Å²) < 4.78 is 5.03. The molecule has 3 nitrogen and oxygen atoms in total. The third kappa shape index (κ3) is 1.32. The summed E-state index contributed by atoms with van der Waals surface area (Å²) >= 11 is 0. The van der Waals surface area contributed by atoms with Gasteiger partial charge in [-0.15, -0.1) is 0 Å². The second-order valence-electron chi connectivity index (χ2n) is 2.02. The molecule has 1 heterocycles. The number of aromatic nitrogens is 1. The molecule has 0 aliphatic carbocycles. The van der Waals surface area contributed by atoms with Gasteiger partial charge in [-0.2, -0.15) is 0 Å². The number of pyridine rings is 1. The summed E-state index contributed by atoms with van der Waals surface area (Å²) in [6.07, 6.45) is 3.22. The van der Waals surface area contributed by atoms with Crippen molar-refractivity contribution in [2.75, 3.05) is 12.8 Å². The molecule has 0 atom stereocenters. The second-order valence-corrected chi connectivity index (χ2v) is 2.02. The van der Waals surface area contributed by atoms with Gasteiger partial charge in [0.05, 0.1) is 12.7 Å². The summed E-state index contributed by atoms with van der Waals surface area (Å²) in [4.78, 5) is 3.89. The molecule has 0 spiro atoms. The number of methoxy groups -OCH3 is 1. The molecule has 0 saturated heterocycles. The van der Waals surface area contributed by atoms with Crippen molar-refractivity contribution in [1.82, 2.24) is 4.98 Å². The molecular formula is C8H10N2O. The van der Waals surface area contributed by atoms with Crippen LogP contribution in [0.1, 0.15) is 5.56 Å². The van der Waals surface area contributed by atoms with Gasteiger partial charge in [-0.05, 0) is 6.07 Å². The standard InChI is InChI=1S/C8H10N2O/c1-3-6-7(11-2)4-5-10-8(6)9/h3-5H,1H2,2H3,(H2,9,10). The van der Waals surface area contributed by atoms with Crippen LogP contribution in [-0.2, 0) is 0 Å². The van der Waals surface area contributed by atoms with Gasteiger partial charge in [-0.25, -0.2) is 4.98 Å². The average Bonchev–Trinajstić information content (AvgIpc) is 2.04. The van der Waals surface area contributed by atoms with Gasteiger partial charge in [0.1, 0.15) is 11.6 Å². The van der Waals surface area contributed by atoms with Crippen molar-refractivity contribution < 1.29 is 4.74 Å². The maximum Gasteiger partial charge on any atom is 0.134 e. The lowest BCUT2D eigenvalue weighted by Crippen LogP contribution is -1.96. The minimum Gasteiger partial charge on any atom is -0.496 e. The zero-order valence-electron chi connectivity index (χ0n) is 6.37. The van der Waals surface area contributed by atoms with E-state index in [9.17, 15) is 0 Å². The average molecular weight is 150 g/mol. The molecule has 3 heteroatoms.